The predicted molar refractivity (Wildman–Crippen MR) is 129 cm³/mol. The molecule has 10 heteroatoms. The van der Waals surface area contributed by atoms with E-state index in [2.05, 4.69) is 15.8 Å². The Morgan fingerprint density at radius 1 is 1.20 bits per heavy atom. The molecule has 1 aromatic heterocycles. The largest absolute Gasteiger partial charge is 0.360 e. The van der Waals surface area contributed by atoms with E-state index in [0.29, 0.717) is 22.0 Å². The van der Waals surface area contributed by atoms with E-state index in [-0.39, 0.29) is 17.6 Å². The summed E-state index contributed by atoms with van der Waals surface area (Å²) in [6, 6.07) is 5.77. The van der Waals surface area contributed by atoms with Gasteiger partial charge in [0, 0.05) is 22.3 Å². The van der Waals surface area contributed by atoms with E-state index in [1.165, 1.54) is 4.90 Å². The molecule has 35 heavy (non-hydrogen) atoms. The Balaban J connectivity index is 1.59. The van der Waals surface area contributed by atoms with Crippen LogP contribution in [0.2, 0.25) is 5.02 Å². The number of benzene rings is 1. The van der Waals surface area contributed by atoms with E-state index in [9.17, 15) is 14.4 Å². The number of anilines is 2. The van der Waals surface area contributed by atoms with Gasteiger partial charge in [0.15, 0.2) is 5.82 Å². The van der Waals surface area contributed by atoms with Crippen LogP contribution in [0.5, 0.6) is 0 Å². The van der Waals surface area contributed by atoms with Crippen molar-refractivity contribution in [3.05, 3.63) is 52.8 Å². The molecule has 0 aliphatic carbocycles. The summed E-state index contributed by atoms with van der Waals surface area (Å²) in [6.07, 6.45) is 2.87. The van der Waals surface area contributed by atoms with Gasteiger partial charge in [0.1, 0.15) is 17.4 Å². The Labute approximate surface area is 207 Å². The van der Waals surface area contributed by atoms with E-state index in [1.807, 2.05) is 20.8 Å². The lowest BCUT2D eigenvalue weighted by Gasteiger charge is -2.35. The molecule has 2 aromatic rings. The van der Waals surface area contributed by atoms with Crippen LogP contribution in [0.25, 0.3) is 0 Å². The van der Waals surface area contributed by atoms with Gasteiger partial charge in [-0.15, -0.1) is 0 Å². The smallest absolute Gasteiger partial charge is 0.246 e. The quantitative estimate of drug-likeness (QED) is 0.626. The molecule has 2 bridgehead atoms. The number of hydrogen-bond acceptors (Lipinski definition) is 6. The molecular formula is C25H27ClN4O5. The molecule has 2 fully saturated rings. The molecule has 184 valence electrons. The summed E-state index contributed by atoms with van der Waals surface area (Å²) >= 11 is 6.38. The van der Waals surface area contributed by atoms with Crippen LogP contribution in [-0.2, 0) is 19.1 Å². The Morgan fingerprint density at radius 3 is 2.60 bits per heavy atom. The maximum Gasteiger partial charge on any atom is 0.246 e. The lowest BCUT2D eigenvalue weighted by atomic mass is 9.74. The number of rotatable bonds is 4. The second kappa shape index (κ2) is 7.93. The molecular weight excluding hydrogens is 472 g/mol. The summed E-state index contributed by atoms with van der Waals surface area (Å²) in [5, 5.41) is 10.0. The highest BCUT2D eigenvalue weighted by atomic mass is 35.5. The number of nitrogens with one attached hydrogen (secondary N) is 2. The summed E-state index contributed by atoms with van der Waals surface area (Å²) in [5.41, 5.74) is -0.684. The number of hydrogen-bond donors (Lipinski definition) is 2. The number of carbonyl (C=O) groups is 3. The summed E-state index contributed by atoms with van der Waals surface area (Å²) < 4.78 is 11.4. The number of ether oxygens (including phenoxy) is 1. The highest BCUT2D eigenvalue weighted by Gasteiger charge is 2.73. The minimum Gasteiger partial charge on any atom is -0.360 e. The fourth-order valence-corrected chi connectivity index (χ4v) is 5.53. The van der Waals surface area contributed by atoms with E-state index in [0.717, 1.165) is 0 Å². The molecule has 4 heterocycles. The second-order valence-corrected chi connectivity index (χ2v) is 10.8. The average Bonchev–Trinajstić information content (AvgIpc) is 3.49. The van der Waals surface area contributed by atoms with Crippen molar-refractivity contribution in [2.24, 2.45) is 11.8 Å². The Bertz CT molecular complexity index is 1260. The van der Waals surface area contributed by atoms with E-state index < -0.39 is 41.0 Å². The van der Waals surface area contributed by atoms with Gasteiger partial charge in [0.2, 0.25) is 17.7 Å². The molecule has 5 rings (SSSR count). The summed E-state index contributed by atoms with van der Waals surface area (Å²) in [4.78, 5) is 42.6. The van der Waals surface area contributed by atoms with Crippen LogP contribution in [0.3, 0.4) is 0 Å². The molecule has 3 amide bonds. The second-order valence-electron chi connectivity index (χ2n) is 10.3. The van der Waals surface area contributed by atoms with Crippen molar-refractivity contribution in [2.45, 2.75) is 57.9 Å². The van der Waals surface area contributed by atoms with Crippen LogP contribution < -0.4 is 15.5 Å². The van der Waals surface area contributed by atoms with Crippen molar-refractivity contribution in [3.8, 4) is 0 Å². The molecule has 9 nitrogen and oxygen atoms in total. The zero-order valence-corrected chi connectivity index (χ0v) is 20.8. The van der Waals surface area contributed by atoms with Gasteiger partial charge in [0.25, 0.3) is 0 Å². The fraction of sp³-hybridized carbons (Fsp3) is 0.440. The standard InChI is InChI=1S/C25H27ClN4O5/c1-12-11-17(29-35-12)27-21(31)18-16-9-10-25(34-16)19(18)23(33)30(15-8-6-7-14(26)13(15)2)20(25)22(32)28-24(3,4)5/h6-11,16,18-20H,1-5H3,(H,28,32)(H,27,29,31)/t16-,18-,19-,20+,25-/m0/s1. The molecule has 0 unspecified atom stereocenters. The third-order valence-electron chi connectivity index (χ3n) is 6.70. The van der Waals surface area contributed by atoms with Crippen molar-refractivity contribution in [2.75, 3.05) is 10.2 Å². The minimum atomic E-state index is -1.30. The van der Waals surface area contributed by atoms with E-state index >= 15 is 0 Å². The lowest BCUT2D eigenvalue weighted by molar-refractivity contribution is -0.129. The monoisotopic (exact) mass is 498 g/mol. The number of carbonyl (C=O) groups excluding carboxylic acids is 3. The van der Waals surface area contributed by atoms with Gasteiger partial charge in [0.05, 0.1) is 17.9 Å². The first kappa shape index (κ1) is 23.6. The maximum absolute atomic E-state index is 14.1. The lowest BCUT2D eigenvalue weighted by Crippen LogP contribution is -2.58. The number of fused-ring (bicyclic) bond motifs is 1. The van der Waals surface area contributed by atoms with Gasteiger partial charge in [-0.2, -0.15) is 0 Å². The molecule has 3 aliphatic heterocycles. The fourth-order valence-electron chi connectivity index (χ4n) is 5.36. The molecule has 3 aliphatic rings. The Hall–Kier alpha value is -3.17. The SMILES string of the molecule is Cc1cc(NC(=O)[C@H]2[C@@H]3C=C[C@]4(O3)[C@@H]2C(=O)N(c2cccc(Cl)c2C)[C@@H]4C(=O)NC(C)(C)C)no1. The van der Waals surface area contributed by atoms with Crippen molar-refractivity contribution >= 4 is 40.8 Å². The van der Waals surface area contributed by atoms with E-state index in [4.69, 9.17) is 20.9 Å². The van der Waals surface area contributed by atoms with Crippen LogP contribution in [-0.4, -0.2) is 46.2 Å². The molecule has 1 spiro atoms. The minimum absolute atomic E-state index is 0.253. The zero-order chi connectivity index (χ0) is 25.3. The van der Waals surface area contributed by atoms with Gasteiger partial charge in [-0.1, -0.05) is 35.0 Å². The zero-order valence-electron chi connectivity index (χ0n) is 20.1. The van der Waals surface area contributed by atoms with Crippen LogP contribution in [0.15, 0.2) is 40.9 Å². The molecule has 2 saturated heterocycles. The molecule has 0 saturated carbocycles. The van der Waals surface area contributed by atoms with Crippen LogP contribution in [0.1, 0.15) is 32.1 Å². The van der Waals surface area contributed by atoms with Crippen molar-refractivity contribution in [1.82, 2.24) is 10.5 Å². The number of amides is 3. The van der Waals surface area contributed by atoms with Crippen molar-refractivity contribution < 1.29 is 23.6 Å². The highest BCUT2D eigenvalue weighted by molar-refractivity contribution is 6.32. The summed E-state index contributed by atoms with van der Waals surface area (Å²) in [5.74, 6) is -2.12. The van der Waals surface area contributed by atoms with Crippen LogP contribution >= 0.6 is 11.6 Å². The number of nitrogens with zero attached hydrogens (tertiary/aromatic N) is 2. The van der Waals surface area contributed by atoms with Gasteiger partial charge in [-0.05, 0) is 52.3 Å². The molecule has 0 radical (unpaired) electrons. The Kier molecular flexibility index (Phi) is 5.34. The number of halogens is 1. The molecule has 2 N–H and O–H groups in total. The van der Waals surface area contributed by atoms with Gasteiger partial charge in [-0.3, -0.25) is 19.3 Å². The summed E-state index contributed by atoms with van der Waals surface area (Å²) in [7, 11) is 0. The van der Waals surface area contributed by atoms with Gasteiger partial charge in [-0.25, -0.2) is 0 Å². The first-order valence-corrected chi connectivity index (χ1v) is 11.8. The van der Waals surface area contributed by atoms with Gasteiger partial charge >= 0.3 is 0 Å². The summed E-state index contributed by atoms with van der Waals surface area (Å²) in [6.45, 7) is 9.10. The normalized spacial score (nSPS) is 29.0. The average molecular weight is 499 g/mol. The third kappa shape index (κ3) is 3.65. The third-order valence-corrected chi connectivity index (χ3v) is 7.11. The topological polar surface area (TPSA) is 114 Å². The first-order chi connectivity index (χ1) is 16.4. The first-order valence-electron chi connectivity index (χ1n) is 11.4. The van der Waals surface area contributed by atoms with E-state index in [1.54, 1.807) is 50.3 Å². The maximum atomic E-state index is 14.1. The predicted octanol–water partition coefficient (Wildman–Crippen LogP) is 3.15. The van der Waals surface area contributed by atoms with Crippen molar-refractivity contribution in [1.29, 1.82) is 0 Å². The number of aromatic nitrogens is 1. The van der Waals surface area contributed by atoms with Crippen LogP contribution in [0.4, 0.5) is 11.5 Å². The van der Waals surface area contributed by atoms with Crippen LogP contribution in [0, 0.1) is 25.7 Å². The number of aryl methyl sites for hydroxylation is 1. The van der Waals surface area contributed by atoms with Crippen molar-refractivity contribution in [3.63, 3.8) is 0 Å². The van der Waals surface area contributed by atoms with Gasteiger partial charge < -0.3 is 19.9 Å². The molecule has 5 atom stereocenters. The highest BCUT2D eigenvalue weighted by Crippen LogP contribution is 2.56. The Morgan fingerprint density at radius 2 is 1.94 bits per heavy atom. The molecule has 1 aromatic carbocycles.